The fraction of sp³-hybridized carbons (Fsp3) is 0.455. The van der Waals surface area contributed by atoms with E-state index in [1.165, 1.54) is 6.42 Å². The number of nitrogens with zero attached hydrogens (tertiary/aromatic N) is 4. The van der Waals surface area contributed by atoms with Crippen molar-refractivity contribution in [2.24, 2.45) is 0 Å². The minimum atomic E-state index is 0.197. The summed E-state index contributed by atoms with van der Waals surface area (Å²) in [7, 11) is 0. The van der Waals surface area contributed by atoms with Gasteiger partial charge < -0.3 is 20.4 Å². The Hall–Kier alpha value is -2.80. The predicted molar refractivity (Wildman–Crippen MR) is 114 cm³/mol. The molecule has 0 aliphatic carbocycles. The number of aromatic hydroxyl groups is 1. The van der Waals surface area contributed by atoms with Gasteiger partial charge >= 0.3 is 0 Å². The molecule has 1 aromatic carbocycles. The van der Waals surface area contributed by atoms with E-state index in [0.29, 0.717) is 12.6 Å². The monoisotopic (exact) mass is 395 g/mol. The molecule has 4 rings (SSSR count). The van der Waals surface area contributed by atoms with Crippen molar-refractivity contribution in [3.8, 4) is 5.75 Å². The molecule has 3 N–H and O–H groups in total. The molecule has 0 saturated carbocycles. The first-order chi connectivity index (χ1) is 14.2. The lowest BCUT2D eigenvalue weighted by atomic mass is 9.99. The molecule has 0 bridgehead atoms. The molecule has 1 aliphatic heterocycles. The Balaban J connectivity index is 1.68. The van der Waals surface area contributed by atoms with E-state index in [4.69, 9.17) is 4.98 Å². The van der Waals surface area contributed by atoms with Crippen LogP contribution in [0.5, 0.6) is 5.75 Å². The molecule has 2 aromatic heterocycles. The van der Waals surface area contributed by atoms with Crippen molar-refractivity contribution in [3.05, 3.63) is 47.7 Å². The highest BCUT2D eigenvalue weighted by Gasteiger charge is 2.24. The highest BCUT2D eigenvalue weighted by atomic mass is 16.3. The van der Waals surface area contributed by atoms with Gasteiger partial charge in [-0.2, -0.15) is 9.61 Å². The van der Waals surface area contributed by atoms with Crippen LogP contribution in [0.2, 0.25) is 0 Å². The van der Waals surface area contributed by atoms with Gasteiger partial charge in [0, 0.05) is 37.4 Å². The average molecular weight is 396 g/mol. The number of hydrogen-bond acceptors (Lipinski definition) is 6. The standard InChI is InChI=1S/C22H29N5O2/c1-2-17-15-24-27-20(23-14-16-6-8-19(29)9-7-16)13-21(25-22(17)27)26-11-4-3-5-18(26)10-12-28/h6-9,13,15,18,23,28-29H,2-5,10-12,14H2,1H3/t18-/m0/s1. The van der Waals surface area contributed by atoms with E-state index in [9.17, 15) is 10.2 Å². The quantitative estimate of drug-likeness (QED) is 0.569. The smallest absolute Gasteiger partial charge is 0.162 e. The van der Waals surface area contributed by atoms with E-state index < -0.39 is 0 Å². The maximum Gasteiger partial charge on any atom is 0.162 e. The topological polar surface area (TPSA) is 85.9 Å². The van der Waals surface area contributed by atoms with Crippen LogP contribution in [0.25, 0.3) is 5.65 Å². The van der Waals surface area contributed by atoms with E-state index in [1.54, 1.807) is 12.1 Å². The Labute approximate surface area is 171 Å². The predicted octanol–water partition coefficient (Wildman–Crippen LogP) is 3.35. The number of fused-ring (bicyclic) bond motifs is 1. The zero-order valence-corrected chi connectivity index (χ0v) is 16.9. The van der Waals surface area contributed by atoms with Gasteiger partial charge in [0.15, 0.2) is 5.65 Å². The lowest BCUT2D eigenvalue weighted by Crippen LogP contribution is -2.40. The van der Waals surface area contributed by atoms with Crippen molar-refractivity contribution in [1.82, 2.24) is 14.6 Å². The molecule has 3 aromatic rings. The largest absolute Gasteiger partial charge is 0.508 e. The van der Waals surface area contributed by atoms with E-state index in [0.717, 1.165) is 60.6 Å². The van der Waals surface area contributed by atoms with Crippen LogP contribution in [0.3, 0.4) is 0 Å². The molecular formula is C22H29N5O2. The molecule has 1 fully saturated rings. The highest BCUT2D eigenvalue weighted by Crippen LogP contribution is 2.29. The molecule has 0 amide bonds. The molecule has 0 unspecified atom stereocenters. The van der Waals surface area contributed by atoms with Gasteiger partial charge in [-0.3, -0.25) is 0 Å². The summed E-state index contributed by atoms with van der Waals surface area (Å²) in [6, 6.07) is 9.59. The summed E-state index contributed by atoms with van der Waals surface area (Å²) < 4.78 is 1.87. The Kier molecular flexibility index (Phi) is 5.85. The van der Waals surface area contributed by atoms with Crippen LogP contribution in [-0.2, 0) is 13.0 Å². The summed E-state index contributed by atoms with van der Waals surface area (Å²) in [5, 5.41) is 27.0. The van der Waals surface area contributed by atoms with Crippen molar-refractivity contribution < 1.29 is 10.2 Å². The van der Waals surface area contributed by atoms with Crippen LogP contribution in [0.1, 0.15) is 43.7 Å². The van der Waals surface area contributed by atoms with Gasteiger partial charge in [0.05, 0.1) is 6.20 Å². The molecule has 0 radical (unpaired) electrons. The van der Waals surface area contributed by atoms with Gasteiger partial charge in [-0.1, -0.05) is 19.1 Å². The third kappa shape index (κ3) is 4.15. The molecule has 7 heteroatoms. The van der Waals surface area contributed by atoms with Crippen molar-refractivity contribution in [2.45, 2.75) is 51.6 Å². The summed E-state index contributed by atoms with van der Waals surface area (Å²) >= 11 is 0. The van der Waals surface area contributed by atoms with Gasteiger partial charge in [0.25, 0.3) is 0 Å². The number of benzene rings is 1. The van der Waals surface area contributed by atoms with Gasteiger partial charge in [0.2, 0.25) is 0 Å². The number of piperidine rings is 1. The van der Waals surface area contributed by atoms with E-state index in [2.05, 4.69) is 28.3 Å². The van der Waals surface area contributed by atoms with Gasteiger partial charge in [-0.25, -0.2) is 4.98 Å². The first-order valence-corrected chi connectivity index (χ1v) is 10.5. The van der Waals surface area contributed by atoms with Crippen LogP contribution < -0.4 is 10.2 Å². The highest BCUT2D eigenvalue weighted by molar-refractivity contribution is 5.61. The van der Waals surface area contributed by atoms with Crippen molar-refractivity contribution in [3.63, 3.8) is 0 Å². The number of phenolic OH excluding ortho intramolecular Hbond substituents is 1. The average Bonchev–Trinajstić information content (AvgIpc) is 3.17. The molecule has 3 heterocycles. The normalized spacial score (nSPS) is 17.0. The summed E-state index contributed by atoms with van der Waals surface area (Å²) in [4.78, 5) is 7.31. The fourth-order valence-corrected chi connectivity index (χ4v) is 4.08. The second-order valence-electron chi connectivity index (χ2n) is 7.63. The maximum absolute atomic E-state index is 9.50. The van der Waals surface area contributed by atoms with Crippen LogP contribution in [0.15, 0.2) is 36.5 Å². The van der Waals surface area contributed by atoms with Crippen LogP contribution in [-0.4, -0.2) is 44.0 Å². The zero-order valence-electron chi connectivity index (χ0n) is 16.9. The van der Waals surface area contributed by atoms with E-state index in [-0.39, 0.29) is 12.4 Å². The molecule has 1 aliphatic rings. The van der Waals surface area contributed by atoms with Crippen LogP contribution in [0, 0.1) is 0 Å². The molecule has 1 atom stereocenters. The molecular weight excluding hydrogens is 366 g/mol. The fourth-order valence-electron chi connectivity index (χ4n) is 4.08. The number of nitrogens with one attached hydrogen (secondary N) is 1. The Bertz CT molecular complexity index is 952. The van der Waals surface area contributed by atoms with Crippen LogP contribution >= 0.6 is 0 Å². The zero-order chi connectivity index (χ0) is 20.2. The second-order valence-corrected chi connectivity index (χ2v) is 7.63. The lowest BCUT2D eigenvalue weighted by molar-refractivity contribution is 0.262. The van der Waals surface area contributed by atoms with Crippen molar-refractivity contribution in [2.75, 3.05) is 23.4 Å². The molecule has 0 spiro atoms. The second kappa shape index (κ2) is 8.69. The number of phenols is 1. The number of rotatable bonds is 7. The molecule has 154 valence electrons. The SMILES string of the molecule is CCc1cnn2c(NCc3ccc(O)cc3)cc(N3CCCC[C@H]3CCO)nc12. The number of aryl methyl sites for hydroxylation is 1. The summed E-state index contributed by atoms with van der Waals surface area (Å²) in [5.41, 5.74) is 3.08. The summed E-state index contributed by atoms with van der Waals surface area (Å²) in [5.74, 6) is 2.10. The number of aliphatic hydroxyl groups is 1. The van der Waals surface area contributed by atoms with Crippen LogP contribution in [0.4, 0.5) is 11.6 Å². The molecule has 29 heavy (non-hydrogen) atoms. The third-order valence-corrected chi connectivity index (χ3v) is 5.71. The number of aromatic nitrogens is 3. The van der Waals surface area contributed by atoms with E-state index >= 15 is 0 Å². The maximum atomic E-state index is 9.50. The first kappa shape index (κ1) is 19.5. The summed E-state index contributed by atoms with van der Waals surface area (Å²) in [6.07, 6.45) is 6.95. The number of aliphatic hydroxyl groups excluding tert-OH is 1. The minimum Gasteiger partial charge on any atom is -0.508 e. The lowest BCUT2D eigenvalue weighted by Gasteiger charge is -2.36. The van der Waals surface area contributed by atoms with Gasteiger partial charge in [-0.15, -0.1) is 0 Å². The third-order valence-electron chi connectivity index (χ3n) is 5.71. The van der Waals surface area contributed by atoms with E-state index in [1.807, 2.05) is 22.8 Å². The Morgan fingerprint density at radius 2 is 2.03 bits per heavy atom. The number of anilines is 2. The first-order valence-electron chi connectivity index (χ1n) is 10.5. The van der Waals surface area contributed by atoms with Gasteiger partial charge in [0.1, 0.15) is 17.4 Å². The van der Waals surface area contributed by atoms with Gasteiger partial charge in [-0.05, 0) is 49.8 Å². The Morgan fingerprint density at radius 1 is 1.21 bits per heavy atom. The minimum absolute atomic E-state index is 0.197. The molecule has 7 nitrogen and oxygen atoms in total. The van der Waals surface area contributed by atoms with Crippen molar-refractivity contribution in [1.29, 1.82) is 0 Å². The summed E-state index contributed by atoms with van der Waals surface area (Å²) in [6.45, 7) is 3.90. The molecule has 1 saturated heterocycles. The number of hydrogen-bond donors (Lipinski definition) is 3. The Morgan fingerprint density at radius 3 is 2.79 bits per heavy atom. The van der Waals surface area contributed by atoms with Crippen molar-refractivity contribution >= 4 is 17.3 Å².